The molecule has 0 aliphatic carbocycles. The second-order valence-corrected chi connectivity index (χ2v) is 4.52. The molecule has 6 heteroatoms. The van der Waals surface area contributed by atoms with Gasteiger partial charge in [0.25, 0.3) is 0 Å². The van der Waals surface area contributed by atoms with Crippen LogP contribution in [0.1, 0.15) is 11.1 Å². The van der Waals surface area contributed by atoms with Gasteiger partial charge in [0.15, 0.2) is 5.84 Å². The smallest absolute Gasteiger partial charge is 0.176 e. The second-order valence-electron chi connectivity index (χ2n) is 4.11. The molecule has 0 unspecified atom stereocenters. The third-order valence-electron chi connectivity index (χ3n) is 2.70. The van der Waals surface area contributed by atoms with E-state index in [1.165, 1.54) is 18.2 Å². The van der Waals surface area contributed by atoms with Crippen LogP contribution in [-0.4, -0.2) is 11.0 Å². The summed E-state index contributed by atoms with van der Waals surface area (Å²) in [4.78, 5) is 0. The number of benzene rings is 2. The Kier molecular flexibility index (Phi) is 4.10. The van der Waals surface area contributed by atoms with Gasteiger partial charge in [0.2, 0.25) is 0 Å². The van der Waals surface area contributed by atoms with E-state index in [1.807, 2.05) is 6.92 Å². The Bertz CT molecular complexity index is 674. The third kappa shape index (κ3) is 2.83. The number of oxime groups is 1. The van der Waals surface area contributed by atoms with Crippen LogP contribution >= 0.6 is 11.6 Å². The number of ether oxygens (including phenoxy) is 1. The molecule has 4 nitrogen and oxygen atoms in total. The Morgan fingerprint density at radius 3 is 2.75 bits per heavy atom. The fraction of sp³-hybridized carbons (Fsp3) is 0.0714. The number of amidine groups is 1. The van der Waals surface area contributed by atoms with Crippen LogP contribution in [0, 0.1) is 12.7 Å². The molecule has 0 atom stereocenters. The van der Waals surface area contributed by atoms with Crippen LogP contribution in [0.25, 0.3) is 0 Å². The number of nitrogens with two attached hydrogens (primary N) is 1. The first-order valence-electron chi connectivity index (χ1n) is 5.73. The van der Waals surface area contributed by atoms with Gasteiger partial charge in [0, 0.05) is 5.02 Å². The van der Waals surface area contributed by atoms with E-state index in [2.05, 4.69) is 5.16 Å². The Morgan fingerprint density at radius 2 is 2.10 bits per heavy atom. The van der Waals surface area contributed by atoms with Crippen molar-refractivity contribution in [3.8, 4) is 11.5 Å². The average molecular weight is 295 g/mol. The quantitative estimate of drug-likeness (QED) is 0.393. The molecule has 0 aliphatic heterocycles. The molecule has 0 aliphatic rings. The van der Waals surface area contributed by atoms with Gasteiger partial charge in [0.1, 0.15) is 17.3 Å². The first kappa shape index (κ1) is 14.1. The molecule has 0 spiro atoms. The minimum Gasteiger partial charge on any atom is -0.456 e. The summed E-state index contributed by atoms with van der Waals surface area (Å²) in [6.07, 6.45) is 0. The van der Waals surface area contributed by atoms with Crippen LogP contribution in [0.2, 0.25) is 5.02 Å². The van der Waals surface area contributed by atoms with Crippen molar-refractivity contribution in [2.75, 3.05) is 0 Å². The zero-order chi connectivity index (χ0) is 14.7. The fourth-order valence-corrected chi connectivity index (χ4v) is 1.81. The van der Waals surface area contributed by atoms with Crippen LogP contribution < -0.4 is 10.5 Å². The molecule has 0 fully saturated rings. The summed E-state index contributed by atoms with van der Waals surface area (Å²) < 4.78 is 19.3. The van der Waals surface area contributed by atoms with Crippen LogP contribution in [-0.2, 0) is 0 Å². The van der Waals surface area contributed by atoms with Crippen molar-refractivity contribution in [2.24, 2.45) is 10.9 Å². The SMILES string of the molecule is Cc1cc(Oc2cccc(F)c2C(N)=NO)ccc1Cl. The van der Waals surface area contributed by atoms with Gasteiger partial charge in [-0.3, -0.25) is 0 Å². The Labute approximate surface area is 120 Å². The van der Waals surface area contributed by atoms with Crippen LogP contribution in [0.5, 0.6) is 11.5 Å². The maximum absolute atomic E-state index is 13.8. The highest BCUT2D eigenvalue weighted by atomic mass is 35.5. The van der Waals surface area contributed by atoms with E-state index in [4.69, 9.17) is 27.3 Å². The molecule has 0 heterocycles. The molecule has 20 heavy (non-hydrogen) atoms. The van der Waals surface area contributed by atoms with Crippen molar-refractivity contribution >= 4 is 17.4 Å². The van der Waals surface area contributed by atoms with E-state index >= 15 is 0 Å². The van der Waals surface area contributed by atoms with Crippen LogP contribution in [0.15, 0.2) is 41.6 Å². The van der Waals surface area contributed by atoms with Gasteiger partial charge in [-0.2, -0.15) is 0 Å². The van der Waals surface area contributed by atoms with E-state index in [0.717, 1.165) is 5.56 Å². The topological polar surface area (TPSA) is 67.8 Å². The normalized spacial score (nSPS) is 11.4. The van der Waals surface area contributed by atoms with E-state index in [-0.39, 0.29) is 17.1 Å². The molecule has 0 saturated heterocycles. The molecular weight excluding hydrogens is 283 g/mol. The van der Waals surface area contributed by atoms with E-state index in [1.54, 1.807) is 18.2 Å². The number of hydrogen-bond acceptors (Lipinski definition) is 3. The van der Waals surface area contributed by atoms with E-state index in [0.29, 0.717) is 10.8 Å². The highest BCUT2D eigenvalue weighted by Gasteiger charge is 2.15. The minimum atomic E-state index is -0.636. The molecule has 0 amide bonds. The van der Waals surface area contributed by atoms with Crippen LogP contribution in [0.3, 0.4) is 0 Å². The lowest BCUT2D eigenvalue weighted by molar-refractivity contribution is 0.318. The molecule has 104 valence electrons. The van der Waals surface area contributed by atoms with Crippen molar-refractivity contribution in [1.82, 2.24) is 0 Å². The summed E-state index contributed by atoms with van der Waals surface area (Å²) in [5.41, 5.74) is 6.19. The average Bonchev–Trinajstić information content (AvgIpc) is 2.42. The largest absolute Gasteiger partial charge is 0.456 e. The number of nitrogens with zero attached hydrogens (tertiary/aromatic N) is 1. The summed E-state index contributed by atoms with van der Waals surface area (Å²) in [6, 6.07) is 9.24. The van der Waals surface area contributed by atoms with Crippen molar-refractivity contribution in [3.63, 3.8) is 0 Å². The summed E-state index contributed by atoms with van der Waals surface area (Å²) >= 11 is 5.93. The monoisotopic (exact) mass is 294 g/mol. The number of rotatable bonds is 3. The molecule has 0 aromatic heterocycles. The number of aryl methyl sites for hydroxylation is 1. The molecule has 0 bridgehead atoms. The lowest BCUT2D eigenvalue weighted by atomic mass is 10.1. The standard InChI is InChI=1S/C14H12ClFN2O2/c1-8-7-9(5-6-10(8)15)20-12-4-2-3-11(16)13(12)14(17)18-19/h2-7,19H,1H3,(H2,17,18). The number of hydrogen-bond donors (Lipinski definition) is 2. The van der Waals surface area contributed by atoms with Crippen molar-refractivity contribution in [1.29, 1.82) is 0 Å². The molecule has 2 aromatic carbocycles. The zero-order valence-electron chi connectivity index (χ0n) is 10.6. The molecule has 3 N–H and O–H groups in total. The van der Waals surface area contributed by atoms with E-state index < -0.39 is 5.82 Å². The summed E-state index contributed by atoms with van der Waals surface area (Å²) in [5.74, 6) is -0.362. The Balaban J connectivity index is 2.43. The molecule has 2 rings (SSSR count). The number of halogens is 2. The highest BCUT2D eigenvalue weighted by molar-refractivity contribution is 6.31. The van der Waals surface area contributed by atoms with Crippen molar-refractivity contribution < 1.29 is 14.3 Å². The minimum absolute atomic E-state index is 0.0948. The van der Waals surface area contributed by atoms with Gasteiger partial charge >= 0.3 is 0 Å². The highest BCUT2D eigenvalue weighted by Crippen LogP contribution is 2.29. The maximum Gasteiger partial charge on any atom is 0.176 e. The molecule has 2 aromatic rings. The lowest BCUT2D eigenvalue weighted by Crippen LogP contribution is -2.16. The van der Waals surface area contributed by atoms with Crippen LogP contribution in [0.4, 0.5) is 4.39 Å². The predicted molar refractivity (Wildman–Crippen MR) is 75.2 cm³/mol. The van der Waals surface area contributed by atoms with Crippen molar-refractivity contribution in [2.45, 2.75) is 6.92 Å². The van der Waals surface area contributed by atoms with Gasteiger partial charge in [-0.15, -0.1) is 0 Å². The summed E-state index contributed by atoms with van der Waals surface area (Å²) in [5, 5.41) is 12.1. The van der Waals surface area contributed by atoms with Gasteiger partial charge in [-0.1, -0.05) is 22.8 Å². The van der Waals surface area contributed by atoms with Crippen molar-refractivity contribution in [3.05, 3.63) is 58.4 Å². The fourth-order valence-electron chi connectivity index (χ4n) is 1.70. The van der Waals surface area contributed by atoms with Gasteiger partial charge in [0.05, 0.1) is 5.56 Å². The zero-order valence-corrected chi connectivity index (χ0v) is 11.4. The maximum atomic E-state index is 13.8. The molecule has 0 saturated carbocycles. The second kappa shape index (κ2) is 5.79. The predicted octanol–water partition coefficient (Wildman–Crippen LogP) is 3.67. The summed E-state index contributed by atoms with van der Waals surface area (Å²) in [6.45, 7) is 1.82. The lowest BCUT2D eigenvalue weighted by Gasteiger charge is -2.11. The van der Waals surface area contributed by atoms with Gasteiger partial charge in [-0.05, 0) is 42.8 Å². The summed E-state index contributed by atoms with van der Waals surface area (Å²) in [7, 11) is 0. The molecule has 0 radical (unpaired) electrons. The first-order valence-corrected chi connectivity index (χ1v) is 6.11. The molecular formula is C14H12ClFN2O2. The Hall–Kier alpha value is -2.27. The van der Waals surface area contributed by atoms with Gasteiger partial charge < -0.3 is 15.7 Å². The van der Waals surface area contributed by atoms with E-state index in [9.17, 15) is 4.39 Å². The van der Waals surface area contributed by atoms with Gasteiger partial charge in [-0.25, -0.2) is 4.39 Å². The Morgan fingerprint density at radius 1 is 1.35 bits per heavy atom. The third-order valence-corrected chi connectivity index (χ3v) is 3.12. The first-order chi connectivity index (χ1) is 9.52.